The van der Waals surface area contributed by atoms with Crippen LogP contribution in [0.2, 0.25) is 51.4 Å². The van der Waals surface area contributed by atoms with E-state index < -0.39 is 25.2 Å². The summed E-state index contributed by atoms with van der Waals surface area (Å²) >= 11 is 0. The first-order chi connectivity index (χ1) is 9.54. The van der Waals surface area contributed by atoms with Gasteiger partial charge in [-0.15, -0.1) is 0 Å². The second-order valence-corrected chi connectivity index (χ2v) is 20.0. The van der Waals surface area contributed by atoms with Crippen LogP contribution in [-0.2, 0) is 8.23 Å². The van der Waals surface area contributed by atoms with E-state index in [1.807, 2.05) is 14.1 Å². The largest absolute Gasteiger partial charge is 0.437 e. The Kier molecular flexibility index (Phi) is 9.81. The van der Waals surface area contributed by atoms with Crippen LogP contribution in [-0.4, -0.2) is 52.4 Å². The van der Waals surface area contributed by atoms with Crippen molar-refractivity contribution in [3.63, 3.8) is 0 Å². The summed E-state index contributed by atoms with van der Waals surface area (Å²) in [4.78, 5) is 0. The maximum atomic E-state index is 6.56. The SMILES string of the molecule is CNCCC[Si](C)(C)O[Si](C)(C)O[Si](C)(C)CCCNC. The third kappa shape index (κ3) is 11.7. The van der Waals surface area contributed by atoms with Crippen LogP contribution in [0.25, 0.3) is 0 Å². The van der Waals surface area contributed by atoms with Crippen LogP contribution < -0.4 is 10.6 Å². The van der Waals surface area contributed by atoms with Crippen molar-refractivity contribution < 1.29 is 8.23 Å². The van der Waals surface area contributed by atoms with Gasteiger partial charge >= 0.3 is 8.56 Å². The highest BCUT2D eigenvalue weighted by Crippen LogP contribution is 2.25. The van der Waals surface area contributed by atoms with Gasteiger partial charge < -0.3 is 18.9 Å². The minimum absolute atomic E-state index is 1.08. The van der Waals surface area contributed by atoms with Crippen molar-refractivity contribution in [3.8, 4) is 0 Å². The standard InChI is InChI=1S/C14H38N2O2Si3/c1-15-11-9-13-19(3,4)17-21(7,8)18-20(5,6)14-10-12-16-2/h15-16H,9-14H2,1-8H3. The second kappa shape index (κ2) is 9.59. The Balaban J connectivity index is 4.38. The highest BCUT2D eigenvalue weighted by molar-refractivity contribution is 6.87. The number of nitrogens with one attached hydrogen (secondary N) is 2. The molecule has 0 spiro atoms. The van der Waals surface area contributed by atoms with Crippen LogP contribution in [0.4, 0.5) is 0 Å². The van der Waals surface area contributed by atoms with E-state index >= 15 is 0 Å². The monoisotopic (exact) mass is 350 g/mol. The zero-order valence-electron chi connectivity index (χ0n) is 15.6. The third-order valence-corrected chi connectivity index (χ3v) is 14.9. The van der Waals surface area contributed by atoms with Gasteiger partial charge in [-0.25, -0.2) is 0 Å². The molecule has 7 heteroatoms. The molecule has 0 unspecified atom stereocenters. The number of hydrogen-bond donors (Lipinski definition) is 2. The van der Waals surface area contributed by atoms with Crippen molar-refractivity contribution in [2.24, 2.45) is 0 Å². The molecule has 0 aliphatic rings. The first kappa shape index (κ1) is 21.5. The molecule has 0 aromatic heterocycles. The van der Waals surface area contributed by atoms with Gasteiger partial charge in [-0.1, -0.05) is 0 Å². The summed E-state index contributed by atoms with van der Waals surface area (Å²) < 4.78 is 13.1. The van der Waals surface area contributed by atoms with Crippen LogP contribution in [0.3, 0.4) is 0 Å². The Hall–Kier alpha value is 0.491. The molecule has 0 bridgehead atoms. The first-order valence-corrected chi connectivity index (χ1v) is 17.3. The van der Waals surface area contributed by atoms with Gasteiger partial charge in [0.05, 0.1) is 0 Å². The van der Waals surface area contributed by atoms with Gasteiger partial charge in [0, 0.05) is 0 Å². The topological polar surface area (TPSA) is 42.5 Å². The van der Waals surface area contributed by atoms with Crippen molar-refractivity contribution in [3.05, 3.63) is 0 Å². The fourth-order valence-corrected chi connectivity index (χ4v) is 16.9. The van der Waals surface area contributed by atoms with Gasteiger partial charge in [0.25, 0.3) is 0 Å². The minimum atomic E-state index is -2.01. The second-order valence-electron chi connectivity index (χ2n) is 7.54. The number of hydrogen-bond acceptors (Lipinski definition) is 4. The van der Waals surface area contributed by atoms with Gasteiger partial charge in [-0.3, -0.25) is 0 Å². The molecule has 4 nitrogen and oxygen atoms in total. The highest BCUT2D eigenvalue weighted by atomic mass is 28.5. The quantitative estimate of drug-likeness (QED) is 0.418. The van der Waals surface area contributed by atoms with E-state index in [1.165, 1.54) is 24.9 Å². The Morgan fingerprint density at radius 2 is 1.00 bits per heavy atom. The predicted octanol–water partition coefficient (Wildman–Crippen LogP) is 3.35. The average Bonchev–Trinajstić information content (AvgIpc) is 2.25. The lowest BCUT2D eigenvalue weighted by atomic mass is 10.5. The molecule has 128 valence electrons. The summed E-state index contributed by atoms with van der Waals surface area (Å²) in [6.45, 7) is 15.9. The third-order valence-electron chi connectivity index (χ3n) is 3.46. The lowest BCUT2D eigenvalue weighted by Crippen LogP contribution is -2.52. The summed E-state index contributed by atoms with van der Waals surface area (Å²) in [6, 6.07) is 2.41. The van der Waals surface area contributed by atoms with E-state index in [9.17, 15) is 0 Å². The van der Waals surface area contributed by atoms with Gasteiger partial charge in [0.15, 0.2) is 16.6 Å². The molecule has 0 heterocycles. The lowest BCUT2D eigenvalue weighted by Gasteiger charge is -2.38. The molecule has 0 aromatic carbocycles. The molecule has 0 fully saturated rings. The molecular formula is C14H38N2O2Si3. The molecule has 0 saturated carbocycles. The summed E-state index contributed by atoms with van der Waals surface area (Å²) in [7, 11) is -1.21. The van der Waals surface area contributed by atoms with Crippen molar-refractivity contribution in [1.29, 1.82) is 0 Å². The van der Waals surface area contributed by atoms with E-state index in [0.717, 1.165) is 13.1 Å². The molecular weight excluding hydrogens is 312 g/mol. The van der Waals surface area contributed by atoms with E-state index in [-0.39, 0.29) is 0 Å². The van der Waals surface area contributed by atoms with Gasteiger partial charge in [-0.2, -0.15) is 0 Å². The van der Waals surface area contributed by atoms with Crippen LogP contribution in [0, 0.1) is 0 Å². The van der Waals surface area contributed by atoms with E-state index in [1.54, 1.807) is 0 Å². The van der Waals surface area contributed by atoms with Crippen LogP contribution in [0.1, 0.15) is 12.8 Å². The zero-order chi connectivity index (χ0) is 16.6. The van der Waals surface area contributed by atoms with Crippen molar-refractivity contribution in [1.82, 2.24) is 10.6 Å². The maximum absolute atomic E-state index is 6.56. The Bertz CT molecular complexity index is 261. The normalized spacial score (nSPS) is 13.7. The summed E-state index contributed by atoms with van der Waals surface area (Å²) in [5.41, 5.74) is 0. The molecule has 0 aromatic rings. The Morgan fingerprint density at radius 3 is 1.29 bits per heavy atom. The Labute approximate surface area is 135 Å². The van der Waals surface area contributed by atoms with Crippen molar-refractivity contribution >= 4 is 25.2 Å². The number of rotatable bonds is 12. The summed E-state index contributed by atoms with van der Waals surface area (Å²) in [6.07, 6.45) is 2.40. The van der Waals surface area contributed by atoms with E-state index in [0.29, 0.717) is 0 Å². The molecule has 0 rings (SSSR count). The van der Waals surface area contributed by atoms with Crippen LogP contribution in [0.15, 0.2) is 0 Å². The smallest absolute Gasteiger partial charge is 0.311 e. The molecule has 2 N–H and O–H groups in total. The van der Waals surface area contributed by atoms with Crippen LogP contribution in [0.5, 0.6) is 0 Å². The zero-order valence-corrected chi connectivity index (χ0v) is 18.6. The molecule has 0 radical (unpaired) electrons. The molecule has 0 aliphatic heterocycles. The lowest BCUT2D eigenvalue weighted by molar-refractivity contribution is 0.386. The van der Waals surface area contributed by atoms with Gasteiger partial charge in [0.1, 0.15) is 0 Å². The summed E-state index contributed by atoms with van der Waals surface area (Å²) in [5.74, 6) is 0. The minimum Gasteiger partial charge on any atom is -0.437 e. The van der Waals surface area contributed by atoms with Crippen molar-refractivity contribution in [2.75, 3.05) is 27.2 Å². The fraction of sp³-hybridized carbons (Fsp3) is 1.00. The summed E-state index contributed by atoms with van der Waals surface area (Å²) in [5, 5.41) is 6.44. The highest BCUT2D eigenvalue weighted by Gasteiger charge is 2.39. The maximum Gasteiger partial charge on any atom is 0.311 e. The molecule has 0 saturated heterocycles. The fourth-order valence-electron chi connectivity index (χ4n) is 2.84. The average molecular weight is 351 g/mol. The van der Waals surface area contributed by atoms with E-state index in [4.69, 9.17) is 8.23 Å². The van der Waals surface area contributed by atoms with Gasteiger partial charge in [-0.05, 0) is 91.4 Å². The molecule has 21 heavy (non-hydrogen) atoms. The molecule has 0 atom stereocenters. The predicted molar refractivity (Wildman–Crippen MR) is 101 cm³/mol. The van der Waals surface area contributed by atoms with Crippen LogP contribution >= 0.6 is 0 Å². The molecule has 0 amide bonds. The van der Waals surface area contributed by atoms with E-state index in [2.05, 4.69) is 49.9 Å². The Morgan fingerprint density at radius 1 is 0.667 bits per heavy atom. The first-order valence-electron chi connectivity index (χ1n) is 8.23. The van der Waals surface area contributed by atoms with Crippen molar-refractivity contribution in [2.45, 2.75) is 64.2 Å². The van der Waals surface area contributed by atoms with Gasteiger partial charge in [0.2, 0.25) is 0 Å². The molecule has 0 aliphatic carbocycles.